The van der Waals surface area contributed by atoms with Gasteiger partial charge in [0.15, 0.2) is 0 Å². The van der Waals surface area contributed by atoms with Crippen molar-refractivity contribution in [3.8, 4) is 0 Å². The highest BCUT2D eigenvalue weighted by atomic mass is 16.2. The van der Waals surface area contributed by atoms with Gasteiger partial charge in [0.05, 0.1) is 0 Å². The van der Waals surface area contributed by atoms with Gasteiger partial charge in [0, 0.05) is 55.2 Å². The number of carbonyl (C=O) groups is 1. The summed E-state index contributed by atoms with van der Waals surface area (Å²) in [6, 6.07) is 9.96. The van der Waals surface area contributed by atoms with Crippen LogP contribution in [-0.2, 0) is 6.54 Å². The predicted molar refractivity (Wildman–Crippen MR) is 108 cm³/mol. The van der Waals surface area contributed by atoms with Gasteiger partial charge >= 0.3 is 0 Å². The molecular weight excluding hydrogens is 336 g/mol. The third-order valence-electron chi connectivity index (χ3n) is 6.05. The third kappa shape index (κ3) is 3.83. The molecule has 0 radical (unpaired) electrons. The molecule has 1 spiro atoms. The highest BCUT2D eigenvalue weighted by Gasteiger charge is 2.39. The van der Waals surface area contributed by atoms with Crippen LogP contribution in [0.5, 0.6) is 0 Å². The van der Waals surface area contributed by atoms with Crippen LogP contribution in [0.3, 0.4) is 0 Å². The van der Waals surface area contributed by atoms with Gasteiger partial charge in [-0.05, 0) is 62.1 Å². The quantitative estimate of drug-likeness (QED) is 0.875. The van der Waals surface area contributed by atoms with E-state index in [1.165, 1.54) is 12.8 Å². The van der Waals surface area contributed by atoms with E-state index in [-0.39, 0.29) is 11.3 Å². The molecule has 27 heavy (non-hydrogen) atoms. The highest BCUT2D eigenvalue weighted by molar-refractivity contribution is 5.97. The first-order valence-corrected chi connectivity index (χ1v) is 9.89. The summed E-state index contributed by atoms with van der Waals surface area (Å²) >= 11 is 0. The van der Waals surface area contributed by atoms with Gasteiger partial charge in [0.1, 0.15) is 0 Å². The van der Waals surface area contributed by atoms with Crippen LogP contribution in [0.4, 0.5) is 5.69 Å². The summed E-state index contributed by atoms with van der Waals surface area (Å²) in [6.45, 7) is 6.61. The second-order valence-corrected chi connectivity index (χ2v) is 7.95. The summed E-state index contributed by atoms with van der Waals surface area (Å²) in [5, 5.41) is 6.94. The lowest BCUT2D eigenvalue weighted by atomic mass is 9.79. The van der Waals surface area contributed by atoms with E-state index >= 15 is 0 Å². The van der Waals surface area contributed by atoms with Gasteiger partial charge in [-0.1, -0.05) is 12.1 Å². The summed E-state index contributed by atoms with van der Waals surface area (Å²) in [5.74, 6) is 0.170. The average Bonchev–Trinajstić information content (AvgIpc) is 3.15. The van der Waals surface area contributed by atoms with Gasteiger partial charge in [0.2, 0.25) is 0 Å². The van der Waals surface area contributed by atoms with E-state index in [0.29, 0.717) is 6.54 Å². The molecule has 0 unspecified atom stereocenters. The Morgan fingerprint density at radius 3 is 3.00 bits per heavy atom. The third-order valence-corrected chi connectivity index (χ3v) is 6.05. The van der Waals surface area contributed by atoms with Crippen molar-refractivity contribution in [2.75, 3.05) is 31.5 Å². The summed E-state index contributed by atoms with van der Waals surface area (Å²) in [6.07, 6.45) is 7.16. The molecule has 0 aliphatic carbocycles. The summed E-state index contributed by atoms with van der Waals surface area (Å²) in [5.41, 5.74) is 4.27. The van der Waals surface area contributed by atoms with Gasteiger partial charge in [-0.2, -0.15) is 0 Å². The number of aromatic nitrogens is 1. The zero-order valence-electron chi connectivity index (χ0n) is 16.0. The number of nitrogens with zero attached hydrogens (tertiary/aromatic N) is 2. The Bertz CT molecular complexity index is 799. The summed E-state index contributed by atoms with van der Waals surface area (Å²) < 4.78 is 0. The largest absolute Gasteiger partial charge is 0.381 e. The number of pyridine rings is 1. The molecule has 2 fully saturated rings. The Morgan fingerprint density at radius 2 is 2.22 bits per heavy atom. The van der Waals surface area contributed by atoms with Crippen molar-refractivity contribution in [2.24, 2.45) is 5.41 Å². The fourth-order valence-electron chi connectivity index (χ4n) is 4.45. The molecule has 1 amide bonds. The minimum absolute atomic E-state index is 0.170. The predicted octanol–water partition coefficient (Wildman–Crippen LogP) is 3.22. The van der Waals surface area contributed by atoms with Crippen LogP contribution in [0.2, 0.25) is 0 Å². The van der Waals surface area contributed by atoms with E-state index < -0.39 is 0 Å². The minimum atomic E-state index is 0.170. The maximum absolute atomic E-state index is 13.3. The maximum Gasteiger partial charge on any atom is 0.254 e. The van der Waals surface area contributed by atoms with Gasteiger partial charge in [-0.3, -0.25) is 9.78 Å². The van der Waals surface area contributed by atoms with Crippen molar-refractivity contribution in [1.29, 1.82) is 0 Å². The van der Waals surface area contributed by atoms with Crippen molar-refractivity contribution in [2.45, 2.75) is 32.7 Å². The van der Waals surface area contributed by atoms with E-state index in [0.717, 1.165) is 55.0 Å². The molecule has 5 heteroatoms. The highest BCUT2D eigenvalue weighted by Crippen LogP contribution is 2.36. The van der Waals surface area contributed by atoms with Crippen molar-refractivity contribution < 1.29 is 4.79 Å². The average molecular weight is 364 g/mol. The van der Waals surface area contributed by atoms with E-state index in [1.807, 2.05) is 43.5 Å². The fourth-order valence-corrected chi connectivity index (χ4v) is 4.45. The summed E-state index contributed by atoms with van der Waals surface area (Å²) in [7, 11) is 0. The zero-order chi connectivity index (χ0) is 18.7. The van der Waals surface area contributed by atoms with Gasteiger partial charge in [-0.15, -0.1) is 0 Å². The number of benzene rings is 1. The molecule has 3 heterocycles. The number of piperidine rings is 1. The number of likely N-dealkylation sites (tertiary alicyclic amines) is 1. The van der Waals surface area contributed by atoms with Crippen molar-refractivity contribution in [3.63, 3.8) is 0 Å². The maximum atomic E-state index is 13.3. The lowest BCUT2D eigenvalue weighted by Gasteiger charge is -2.40. The normalized spacial score (nSPS) is 22.2. The van der Waals surface area contributed by atoms with Crippen molar-refractivity contribution in [3.05, 3.63) is 59.4 Å². The SMILES string of the molecule is Cc1c(NCc2cccnc2)cccc1C(=O)N1CCC[C@]2(CCNC2)C1. The van der Waals surface area contributed by atoms with Crippen molar-refractivity contribution >= 4 is 11.6 Å². The number of hydrogen-bond acceptors (Lipinski definition) is 4. The number of hydrogen-bond donors (Lipinski definition) is 2. The number of rotatable bonds is 4. The molecule has 1 aromatic heterocycles. The Hall–Kier alpha value is -2.40. The fraction of sp³-hybridized carbons (Fsp3) is 0.455. The van der Waals surface area contributed by atoms with Crippen LogP contribution in [-0.4, -0.2) is 42.0 Å². The number of anilines is 1. The first-order valence-electron chi connectivity index (χ1n) is 9.89. The van der Waals surface area contributed by atoms with Crippen LogP contribution < -0.4 is 10.6 Å². The molecule has 4 rings (SSSR count). The van der Waals surface area contributed by atoms with Crippen LogP contribution in [0.25, 0.3) is 0 Å². The molecule has 5 nitrogen and oxygen atoms in total. The Kier molecular flexibility index (Phi) is 5.12. The topological polar surface area (TPSA) is 57.3 Å². The van der Waals surface area contributed by atoms with Gasteiger partial charge in [0.25, 0.3) is 5.91 Å². The zero-order valence-corrected chi connectivity index (χ0v) is 16.0. The van der Waals surface area contributed by atoms with Crippen LogP contribution >= 0.6 is 0 Å². The number of amides is 1. The molecular formula is C22H28N4O. The molecule has 1 atom stereocenters. The van der Waals surface area contributed by atoms with E-state index in [1.54, 1.807) is 6.20 Å². The molecule has 0 bridgehead atoms. The smallest absolute Gasteiger partial charge is 0.254 e. The lowest BCUT2D eigenvalue weighted by Crippen LogP contribution is -2.47. The van der Waals surface area contributed by atoms with Crippen LogP contribution in [0.15, 0.2) is 42.7 Å². The Labute approximate surface area is 161 Å². The Morgan fingerprint density at radius 1 is 1.30 bits per heavy atom. The van der Waals surface area contributed by atoms with Crippen molar-refractivity contribution in [1.82, 2.24) is 15.2 Å². The van der Waals surface area contributed by atoms with E-state index in [9.17, 15) is 4.79 Å². The molecule has 2 aliphatic heterocycles. The van der Waals surface area contributed by atoms with E-state index in [4.69, 9.17) is 0 Å². The number of nitrogens with one attached hydrogen (secondary N) is 2. The standard InChI is InChI=1S/C22H28N4O/c1-17-19(6-2-7-20(17)25-14-18-5-3-10-23-13-18)21(27)26-12-4-8-22(16-26)9-11-24-15-22/h2-3,5-7,10,13,24-25H,4,8-9,11-12,14-16H2,1H3/t22-/m1/s1. The molecule has 2 aliphatic rings. The molecule has 2 aromatic rings. The molecule has 0 saturated carbocycles. The number of carbonyl (C=O) groups excluding carboxylic acids is 1. The minimum Gasteiger partial charge on any atom is -0.381 e. The molecule has 1 aromatic carbocycles. The lowest BCUT2D eigenvalue weighted by molar-refractivity contribution is 0.0553. The first kappa shape index (κ1) is 18.0. The molecule has 142 valence electrons. The first-order chi connectivity index (χ1) is 13.2. The second-order valence-electron chi connectivity index (χ2n) is 7.95. The second kappa shape index (κ2) is 7.69. The van der Waals surface area contributed by atoms with Crippen LogP contribution in [0.1, 0.15) is 40.7 Å². The van der Waals surface area contributed by atoms with Crippen LogP contribution in [0, 0.1) is 12.3 Å². The summed E-state index contributed by atoms with van der Waals surface area (Å²) in [4.78, 5) is 19.5. The molecule has 2 saturated heterocycles. The monoisotopic (exact) mass is 364 g/mol. The van der Waals surface area contributed by atoms with Gasteiger partial charge in [-0.25, -0.2) is 0 Å². The Balaban J connectivity index is 1.49. The molecule has 2 N–H and O–H groups in total. The van der Waals surface area contributed by atoms with Gasteiger partial charge < -0.3 is 15.5 Å². The van der Waals surface area contributed by atoms with E-state index in [2.05, 4.69) is 20.5 Å².